The molecule has 0 fully saturated rings. The summed E-state index contributed by atoms with van der Waals surface area (Å²) in [6.45, 7) is 4.76. The average Bonchev–Trinajstić information content (AvgIpc) is 3.94. The third-order valence-corrected chi connectivity index (χ3v) is 14.7. The number of anilines is 3. The van der Waals surface area contributed by atoms with Gasteiger partial charge in [-0.2, -0.15) is 0 Å². The van der Waals surface area contributed by atoms with Crippen molar-refractivity contribution < 1.29 is 0 Å². The van der Waals surface area contributed by atoms with E-state index in [-0.39, 0.29) is 5.41 Å². The fourth-order valence-corrected chi connectivity index (χ4v) is 11.8. The average molecular weight is 828 g/mol. The van der Waals surface area contributed by atoms with Gasteiger partial charge in [-0.3, -0.25) is 0 Å². The molecule has 0 bridgehead atoms. The summed E-state index contributed by atoms with van der Waals surface area (Å²) in [4.78, 5) is 2.57. The van der Waals surface area contributed by atoms with Crippen molar-refractivity contribution in [1.82, 2.24) is 0 Å². The molecule has 0 saturated heterocycles. The van der Waals surface area contributed by atoms with Gasteiger partial charge in [-0.15, -0.1) is 0 Å². The van der Waals surface area contributed by atoms with Crippen molar-refractivity contribution in [2.24, 2.45) is 0 Å². The van der Waals surface area contributed by atoms with Gasteiger partial charge in [-0.1, -0.05) is 220 Å². The van der Waals surface area contributed by atoms with Gasteiger partial charge in [0.1, 0.15) is 0 Å². The molecule has 1 atom stereocenters. The van der Waals surface area contributed by atoms with E-state index >= 15 is 0 Å². The normalized spacial score (nSPS) is 15.4. The number of hydrogen-bond donors (Lipinski definition) is 0. The molecule has 1 spiro atoms. The molecule has 10 aromatic carbocycles. The van der Waals surface area contributed by atoms with Gasteiger partial charge in [0, 0.05) is 22.2 Å². The van der Waals surface area contributed by atoms with E-state index < -0.39 is 5.41 Å². The van der Waals surface area contributed by atoms with E-state index in [2.05, 4.69) is 255 Å². The Morgan fingerprint density at radius 3 is 1.29 bits per heavy atom. The van der Waals surface area contributed by atoms with Gasteiger partial charge in [0.25, 0.3) is 0 Å². The summed E-state index contributed by atoms with van der Waals surface area (Å²) >= 11 is 0. The van der Waals surface area contributed by atoms with E-state index in [1.165, 1.54) is 112 Å². The van der Waals surface area contributed by atoms with E-state index in [9.17, 15) is 0 Å². The van der Waals surface area contributed by atoms with Crippen molar-refractivity contribution in [3.63, 3.8) is 0 Å². The quantitative estimate of drug-likeness (QED) is 0.161. The third-order valence-electron chi connectivity index (χ3n) is 14.7. The second-order valence-corrected chi connectivity index (χ2v) is 18.4. The Labute approximate surface area is 381 Å². The topological polar surface area (TPSA) is 3.24 Å². The highest BCUT2D eigenvalue weighted by Gasteiger charge is 2.52. The van der Waals surface area contributed by atoms with Gasteiger partial charge in [0.05, 0.1) is 16.8 Å². The lowest BCUT2D eigenvalue weighted by Crippen LogP contribution is -2.26. The molecule has 3 aliphatic carbocycles. The monoisotopic (exact) mass is 827 g/mol. The molecule has 10 aromatic rings. The number of benzene rings is 10. The summed E-state index contributed by atoms with van der Waals surface area (Å²) in [5, 5.41) is 0. The minimum atomic E-state index is -0.507. The Hall–Kier alpha value is -8.00. The maximum Gasteiger partial charge on any atom is 0.0726 e. The second kappa shape index (κ2) is 14.3. The highest BCUT2D eigenvalue weighted by molar-refractivity contribution is 6.04. The maximum atomic E-state index is 2.57. The van der Waals surface area contributed by atoms with Crippen LogP contribution < -0.4 is 4.90 Å². The zero-order chi connectivity index (χ0) is 43.3. The lowest BCUT2D eigenvalue weighted by atomic mass is 9.70. The molecule has 0 N–H and O–H groups in total. The van der Waals surface area contributed by atoms with Gasteiger partial charge >= 0.3 is 0 Å². The van der Waals surface area contributed by atoms with Gasteiger partial charge in [-0.05, 0) is 119 Å². The van der Waals surface area contributed by atoms with Crippen LogP contribution in [0.1, 0.15) is 47.2 Å². The first kappa shape index (κ1) is 37.5. The molecular formula is C64H45N. The molecule has 13 rings (SSSR count). The van der Waals surface area contributed by atoms with Crippen LogP contribution in [0.4, 0.5) is 17.1 Å². The molecule has 0 amide bonds. The molecule has 1 unspecified atom stereocenters. The molecule has 1 heteroatoms. The first-order valence-electron chi connectivity index (χ1n) is 22.8. The van der Waals surface area contributed by atoms with E-state index in [4.69, 9.17) is 0 Å². The molecule has 65 heavy (non-hydrogen) atoms. The summed E-state index contributed by atoms with van der Waals surface area (Å²) in [7, 11) is 0. The molecule has 0 heterocycles. The molecule has 0 aliphatic heterocycles. The van der Waals surface area contributed by atoms with Crippen LogP contribution in [0.25, 0.3) is 66.8 Å². The predicted octanol–water partition coefficient (Wildman–Crippen LogP) is 16.8. The van der Waals surface area contributed by atoms with E-state index in [1.54, 1.807) is 0 Å². The van der Waals surface area contributed by atoms with Gasteiger partial charge in [0.2, 0.25) is 0 Å². The van der Waals surface area contributed by atoms with Crippen LogP contribution in [0.15, 0.2) is 237 Å². The highest BCUT2D eigenvalue weighted by Crippen LogP contribution is 2.65. The molecule has 1 nitrogen and oxygen atoms in total. The van der Waals surface area contributed by atoms with Gasteiger partial charge in [-0.25, -0.2) is 0 Å². The molecular weight excluding hydrogens is 783 g/mol. The summed E-state index contributed by atoms with van der Waals surface area (Å²) in [5.41, 5.74) is 25.9. The SMILES string of the molecule is CC1(C)c2ccccc2-c2c(N(c3ccc(-c4ccc(-c5ccccc5)cc4)cc3)c3cccc4c3-c3ccccc3C43c4ccccc4-c4ccc(-c5ccccc5)cc43)cccc21. The molecule has 0 radical (unpaired) electrons. The molecule has 0 saturated carbocycles. The van der Waals surface area contributed by atoms with Crippen LogP contribution in [-0.4, -0.2) is 0 Å². The largest absolute Gasteiger partial charge is 0.309 e. The van der Waals surface area contributed by atoms with Crippen molar-refractivity contribution in [1.29, 1.82) is 0 Å². The first-order chi connectivity index (χ1) is 32.0. The second-order valence-electron chi connectivity index (χ2n) is 18.4. The Morgan fingerprint density at radius 2 is 0.677 bits per heavy atom. The Balaban J connectivity index is 1.05. The lowest BCUT2D eigenvalue weighted by Gasteiger charge is -2.33. The summed E-state index contributed by atoms with van der Waals surface area (Å²) in [5.74, 6) is 0. The first-order valence-corrected chi connectivity index (χ1v) is 22.8. The van der Waals surface area contributed by atoms with Crippen molar-refractivity contribution in [3.8, 4) is 66.8 Å². The summed E-state index contributed by atoms with van der Waals surface area (Å²) in [6, 6.07) is 88.2. The van der Waals surface area contributed by atoms with Crippen molar-refractivity contribution in [3.05, 3.63) is 270 Å². The van der Waals surface area contributed by atoms with Crippen molar-refractivity contribution >= 4 is 17.1 Å². The highest BCUT2D eigenvalue weighted by atomic mass is 15.1. The number of hydrogen-bond acceptors (Lipinski definition) is 1. The van der Waals surface area contributed by atoms with Gasteiger partial charge in [0.15, 0.2) is 0 Å². The standard InChI is InChI=1S/C64H45N/c1-63(2)53-24-12-10-22-51(53)61-56(63)27-15-29-59(61)65(48-38-35-46(36-39-48)45-33-31-44(32-34-45)42-17-5-3-6-18-42)60-30-16-28-57-62(60)52-23-11-14-26-55(52)64(57)54-25-13-9-21-49(54)50-40-37-47(41-58(50)64)43-19-7-4-8-20-43/h3-41H,1-2H3. The Kier molecular flexibility index (Phi) is 8.24. The van der Waals surface area contributed by atoms with Crippen LogP contribution >= 0.6 is 0 Å². The maximum absolute atomic E-state index is 2.57. The van der Waals surface area contributed by atoms with E-state index in [0.717, 1.165) is 5.69 Å². The zero-order valence-corrected chi connectivity index (χ0v) is 36.5. The van der Waals surface area contributed by atoms with Crippen LogP contribution in [-0.2, 0) is 10.8 Å². The van der Waals surface area contributed by atoms with Crippen LogP contribution in [0, 0.1) is 0 Å². The Morgan fingerprint density at radius 1 is 0.277 bits per heavy atom. The van der Waals surface area contributed by atoms with Crippen molar-refractivity contribution in [2.45, 2.75) is 24.7 Å². The summed E-state index contributed by atoms with van der Waals surface area (Å²) < 4.78 is 0. The molecule has 0 aromatic heterocycles. The summed E-state index contributed by atoms with van der Waals surface area (Å²) in [6.07, 6.45) is 0. The smallest absolute Gasteiger partial charge is 0.0726 e. The fourth-order valence-electron chi connectivity index (χ4n) is 11.8. The number of nitrogens with zero attached hydrogens (tertiary/aromatic N) is 1. The van der Waals surface area contributed by atoms with E-state index in [1.807, 2.05) is 0 Å². The van der Waals surface area contributed by atoms with E-state index in [0.29, 0.717) is 0 Å². The zero-order valence-electron chi connectivity index (χ0n) is 36.5. The van der Waals surface area contributed by atoms with Crippen LogP contribution in [0.3, 0.4) is 0 Å². The fraction of sp³-hybridized carbons (Fsp3) is 0.0625. The third kappa shape index (κ3) is 5.39. The minimum Gasteiger partial charge on any atom is -0.309 e. The number of fused-ring (bicyclic) bond motifs is 13. The predicted molar refractivity (Wildman–Crippen MR) is 271 cm³/mol. The lowest BCUT2D eigenvalue weighted by molar-refractivity contribution is 0.660. The van der Waals surface area contributed by atoms with Crippen LogP contribution in [0.2, 0.25) is 0 Å². The van der Waals surface area contributed by atoms with Gasteiger partial charge < -0.3 is 4.90 Å². The van der Waals surface area contributed by atoms with Crippen molar-refractivity contribution in [2.75, 3.05) is 4.90 Å². The van der Waals surface area contributed by atoms with Crippen LogP contribution in [0.5, 0.6) is 0 Å². The number of rotatable bonds is 6. The molecule has 3 aliphatic rings. The molecule has 306 valence electrons. The minimum absolute atomic E-state index is 0.146. The Bertz CT molecular complexity index is 3490.